The van der Waals surface area contributed by atoms with Crippen LogP contribution >= 0.6 is 11.6 Å². The zero-order chi connectivity index (χ0) is 21.2. The van der Waals surface area contributed by atoms with Gasteiger partial charge in [0.25, 0.3) is 0 Å². The number of anilines is 2. The van der Waals surface area contributed by atoms with E-state index in [1.165, 1.54) is 0 Å². The summed E-state index contributed by atoms with van der Waals surface area (Å²) in [6.45, 7) is 7.04. The van der Waals surface area contributed by atoms with E-state index < -0.39 is 11.7 Å². The molecule has 0 radical (unpaired) electrons. The standard InChI is InChI=1S/C21H28ClN3O4/c1-21(2,3)29-20(28)24-10-4-6-14(13-24)19(27)23-15-8-9-17(16(22)12-15)25-11-5-7-18(25)26/h8-9,12,14H,4-7,10-11,13H2,1-3H3,(H,23,27). The number of rotatable bonds is 3. The van der Waals surface area contributed by atoms with Gasteiger partial charge in [-0.15, -0.1) is 0 Å². The van der Waals surface area contributed by atoms with E-state index in [9.17, 15) is 14.4 Å². The van der Waals surface area contributed by atoms with Crippen molar-refractivity contribution in [2.75, 3.05) is 29.9 Å². The van der Waals surface area contributed by atoms with Crippen molar-refractivity contribution in [1.29, 1.82) is 0 Å². The molecule has 158 valence electrons. The maximum atomic E-state index is 12.7. The Labute approximate surface area is 176 Å². The molecule has 1 aromatic carbocycles. The van der Waals surface area contributed by atoms with E-state index in [2.05, 4.69) is 5.32 Å². The molecule has 1 atom stereocenters. The third kappa shape index (κ3) is 5.41. The third-order valence-electron chi connectivity index (χ3n) is 5.02. The van der Waals surface area contributed by atoms with Gasteiger partial charge in [0.1, 0.15) is 5.60 Å². The molecular weight excluding hydrogens is 394 g/mol. The molecule has 2 heterocycles. The highest BCUT2D eigenvalue weighted by Gasteiger charge is 2.31. The van der Waals surface area contributed by atoms with Crippen molar-refractivity contribution in [3.8, 4) is 0 Å². The molecule has 7 nitrogen and oxygen atoms in total. The summed E-state index contributed by atoms with van der Waals surface area (Å²) in [5, 5.41) is 3.31. The van der Waals surface area contributed by atoms with Gasteiger partial charge in [-0.05, 0) is 58.2 Å². The lowest BCUT2D eigenvalue weighted by atomic mass is 9.97. The fourth-order valence-electron chi connectivity index (χ4n) is 3.63. The van der Waals surface area contributed by atoms with Crippen LogP contribution < -0.4 is 10.2 Å². The Hall–Kier alpha value is -2.28. The number of carbonyl (C=O) groups excluding carboxylic acids is 3. The van der Waals surface area contributed by atoms with Gasteiger partial charge in [0.05, 0.1) is 16.6 Å². The molecule has 1 N–H and O–H groups in total. The van der Waals surface area contributed by atoms with Gasteiger partial charge in [0.2, 0.25) is 11.8 Å². The van der Waals surface area contributed by atoms with Crippen molar-refractivity contribution in [2.24, 2.45) is 5.92 Å². The van der Waals surface area contributed by atoms with Gasteiger partial charge < -0.3 is 19.9 Å². The Morgan fingerprint density at radius 3 is 2.59 bits per heavy atom. The number of carbonyl (C=O) groups is 3. The number of halogens is 1. The molecule has 0 bridgehead atoms. The molecular formula is C21H28ClN3O4. The summed E-state index contributed by atoms with van der Waals surface area (Å²) in [5.74, 6) is -0.401. The van der Waals surface area contributed by atoms with E-state index in [1.54, 1.807) is 28.0 Å². The molecule has 0 spiro atoms. The van der Waals surface area contributed by atoms with Gasteiger partial charge in [0.15, 0.2) is 0 Å². The second-order valence-corrected chi connectivity index (χ2v) is 8.98. The monoisotopic (exact) mass is 421 g/mol. The van der Waals surface area contributed by atoms with Crippen LogP contribution in [0.3, 0.4) is 0 Å². The molecule has 2 saturated heterocycles. The summed E-state index contributed by atoms with van der Waals surface area (Å²) in [6.07, 6.45) is 2.42. The van der Waals surface area contributed by atoms with Crippen molar-refractivity contribution in [3.05, 3.63) is 23.2 Å². The van der Waals surface area contributed by atoms with E-state index in [4.69, 9.17) is 16.3 Å². The van der Waals surface area contributed by atoms with Crippen molar-refractivity contribution >= 4 is 40.9 Å². The molecule has 0 aromatic heterocycles. The van der Waals surface area contributed by atoms with Gasteiger partial charge in [-0.1, -0.05) is 11.6 Å². The number of hydrogen-bond donors (Lipinski definition) is 1. The second-order valence-electron chi connectivity index (χ2n) is 8.57. The minimum absolute atomic E-state index is 0.0631. The number of amides is 3. The highest BCUT2D eigenvalue weighted by molar-refractivity contribution is 6.34. The summed E-state index contributed by atoms with van der Waals surface area (Å²) >= 11 is 6.36. The Morgan fingerprint density at radius 2 is 1.97 bits per heavy atom. The van der Waals surface area contributed by atoms with Crippen LogP contribution in [-0.4, -0.2) is 48.0 Å². The number of ether oxygens (including phenoxy) is 1. The van der Waals surface area contributed by atoms with E-state index in [0.29, 0.717) is 48.9 Å². The predicted molar refractivity (Wildman–Crippen MR) is 112 cm³/mol. The normalized spacial score (nSPS) is 20.0. The maximum absolute atomic E-state index is 12.7. The summed E-state index contributed by atoms with van der Waals surface area (Å²) < 4.78 is 5.42. The van der Waals surface area contributed by atoms with Crippen molar-refractivity contribution < 1.29 is 19.1 Å². The fourth-order valence-corrected chi connectivity index (χ4v) is 3.92. The Morgan fingerprint density at radius 1 is 1.21 bits per heavy atom. The SMILES string of the molecule is CC(C)(C)OC(=O)N1CCCC(C(=O)Nc2ccc(N3CCCC3=O)c(Cl)c2)C1. The molecule has 1 aromatic rings. The lowest BCUT2D eigenvalue weighted by molar-refractivity contribution is -0.121. The molecule has 0 aliphatic carbocycles. The first-order valence-corrected chi connectivity index (χ1v) is 10.4. The van der Waals surface area contributed by atoms with Gasteiger partial charge >= 0.3 is 6.09 Å². The summed E-state index contributed by atoms with van der Waals surface area (Å²) in [6, 6.07) is 5.17. The average molecular weight is 422 g/mol. The smallest absolute Gasteiger partial charge is 0.410 e. The van der Waals surface area contributed by atoms with E-state index in [0.717, 1.165) is 12.8 Å². The Balaban J connectivity index is 1.61. The number of benzene rings is 1. The summed E-state index contributed by atoms with van der Waals surface area (Å²) in [7, 11) is 0. The van der Waals surface area contributed by atoms with Crippen LogP contribution in [0.2, 0.25) is 5.02 Å². The van der Waals surface area contributed by atoms with Crippen LogP contribution in [0.1, 0.15) is 46.5 Å². The van der Waals surface area contributed by atoms with Gasteiger partial charge in [-0.3, -0.25) is 9.59 Å². The largest absolute Gasteiger partial charge is 0.444 e. The molecule has 2 aliphatic heterocycles. The van der Waals surface area contributed by atoms with Crippen LogP contribution in [-0.2, 0) is 14.3 Å². The third-order valence-corrected chi connectivity index (χ3v) is 5.33. The molecule has 8 heteroatoms. The topological polar surface area (TPSA) is 79.0 Å². The van der Waals surface area contributed by atoms with Crippen LogP contribution in [0, 0.1) is 5.92 Å². The van der Waals surface area contributed by atoms with E-state index >= 15 is 0 Å². The molecule has 3 amide bonds. The zero-order valence-electron chi connectivity index (χ0n) is 17.2. The second kappa shape index (κ2) is 8.61. The molecule has 2 aliphatic rings. The minimum Gasteiger partial charge on any atom is -0.444 e. The van der Waals surface area contributed by atoms with Crippen molar-refractivity contribution in [3.63, 3.8) is 0 Å². The predicted octanol–water partition coefficient (Wildman–Crippen LogP) is 4.05. The maximum Gasteiger partial charge on any atom is 0.410 e. The highest BCUT2D eigenvalue weighted by Crippen LogP contribution is 2.32. The summed E-state index contributed by atoms with van der Waals surface area (Å²) in [5.41, 5.74) is 0.673. The van der Waals surface area contributed by atoms with Gasteiger partial charge in [-0.2, -0.15) is 0 Å². The van der Waals surface area contributed by atoms with Gasteiger partial charge in [0, 0.05) is 31.7 Å². The number of likely N-dealkylation sites (tertiary alicyclic amines) is 1. The van der Waals surface area contributed by atoms with Crippen LogP contribution in [0.25, 0.3) is 0 Å². The number of nitrogens with one attached hydrogen (secondary N) is 1. The minimum atomic E-state index is -0.568. The zero-order valence-corrected chi connectivity index (χ0v) is 17.9. The first-order valence-electron chi connectivity index (χ1n) is 10.0. The number of piperidine rings is 1. The van der Waals surface area contributed by atoms with Crippen molar-refractivity contribution in [2.45, 2.75) is 52.1 Å². The average Bonchev–Trinajstić information content (AvgIpc) is 3.06. The number of hydrogen-bond acceptors (Lipinski definition) is 4. The van der Waals surface area contributed by atoms with Crippen LogP contribution in [0.15, 0.2) is 18.2 Å². The van der Waals surface area contributed by atoms with E-state index in [-0.39, 0.29) is 17.7 Å². The molecule has 3 rings (SSSR count). The number of nitrogens with zero attached hydrogens (tertiary/aromatic N) is 2. The Bertz CT molecular complexity index is 806. The molecule has 29 heavy (non-hydrogen) atoms. The van der Waals surface area contributed by atoms with Crippen LogP contribution in [0.4, 0.5) is 16.2 Å². The van der Waals surface area contributed by atoms with E-state index in [1.807, 2.05) is 20.8 Å². The van der Waals surface area contributed by atoms with Crippen molar-refractivity contribution in [1.82, 2.24) is 4.90 Å². The summed E-state index contributed by atoms with van der Waals surface area (Å²) in [4.78, 5) is 40.2. The first kappa shape index (κ1) is 21.4. The fraction of sp³-hybridized carbons (Fsp3) is 0.571. The molecule has 1 unspecified atom stereocenters. The molecule has 0 saturated carbocycles. The quantitative estimate of drug-likeness (QED) is 0.798. The highest BCUT2D eigenvalue weighted by atomic mass is 35.5. The molecule has 2 fully saturated rings. The van der Waals surface area contributed by atoms with Crippen LogP contribution in [0.5, 0.6) is 0 Å². The lowest BCUT2D eigenvalue weighted by Gasteiger charge is -2.33. The van der Waals surface area contributed by atoms with Gasteiger partial charge in [-0.25, -0.2) is 4.79 Å². The lowest BCUT2D eigenvalue weighted by Crippen LogP contribution is -2.45. The first-order chi connectivity index (χ1) is 13.6. The Kier molecular flexibility index (Phi) is 6.36.